The second-order valence-electron chi connectivity index (χ2n) is 7.00. The molecule has 0 radical (unpaired) electrons. The highest BCUT2D eigenvalue weighted by Crippen LogP contribution is 2.62. The molecule has 0 spiro atoms. The van der Waals surface area contributed by atoms with Gasteiger partial charge in [-0.2, -0.15) is 11.8 Å². The van der Waals surface area contributed by atoms with Gasteiger partial charge in [-0.05, 0) is 67.4 Å². The van der Waals surface area contributed by atoms with Crippen molar-refractivity contribution in [3.8, 4) is 0 Å². The summed E-state index contributed by atoms with van der Waals surface area (Å²) in [6, 6.07) is 0.753. The second-order valence-corrected chi connectivity index (χ2v) is 7.99. The van der Waals surface area contributed by atoms with E-state index in [-0.39, 0.29) is 0 Å². The molecular formula is C15H29NS. The van der Waals surface area contributed by atoms with E-state index in [2.05, 4.69) is 32.3 Å². The lowest BCUT2D eigenvalue weighted by molar-refractivity contribution is 0.109. The molecule has 0 aromatic heterocycles. The molecule has 0 amide bonds. The average molecular weight is 255 g/mol. The smallest absolute Gasteiger partial charge is 0.0175 e. The molecule has 3 atom stereocenters. The first-order valence-corrected chi connectivity index (χ1v) is 8.62. The molecular weight excluding hydrogens is 226 g/mol. The minimum atomic E-state index is 0.520. The topological polar surface area (TPSA) is 12.0 Å². The van der Waals surface area contributed by atoms with E-state index in [9.17, 15) is 0 Å². The van der Waals surface area contributed by atoms with Gasteiger partial charge in [-0.3, -0.25) is 0 Å². The number of unbranched alkanes of at least 4 members (excludes halogenated alkanes) is 1. The lowest BCUT2D eigenvalue weighted by Gasteiger charge is -2.43. The summed E-state index contributed by atoms with van der Waals surface area (Å²) < 4.78 is 0. The normalized spacial score (nSPS) is 38.8. The highest BCUT2D eigenvalue weighted by atomic mass is 32.2. The van der Waals surface area contributed by atoms with Crippen molar-refractivity contribution in [2.45, 2.75) is 58.9 Å². The van der Waals surface area contributed by atoms with E-state index in [0.717, 1.165) is 12.0 Å². The summed E-state index contributed by atoms with van der Waals surface area (Å²) in [6.07, 6.45) is 9.28. The van der Waals surface area contributed by atoms with Crippen LogP contribution in [0.5, 0.6) is 0 Å². The molecule has 1 N–H and O–H groups in total. The van der Waals surface area contributed by atoms with Crippen LogP contribution < -0.4 is 5.32 Å². The van der Waals surface area contributed by atoms with Gasteiger partial charge in [0.25, 0.3) is 0 Å². The predicted octanol–water partition coefficient (Wildman–Crippen LogP) is 3.93. The molecule has 2 bridgehead atoms. The second kappa shape index (κ2) is 5.13. The Morgan fingerprint density at radius 1 is 1.24 bits per heavy atom. The van der Waals surface area contributed by atoms with Crippen LogP contribution in [0.1, 0.15) is 52.9 Å². The van der Waals surface area contributed by atoms with Gasteiger partial charge in [-0.15, -0.1) is 0 Å². The SMILES string of the molecule is CSCCCCNC1C(C)(C)[C@H]2CC[C@]1(C)C2. The Kier molecular flexibility index (Phi) is 4.14. The predicted molar refractivity (Wildman–Crippen MR) is 78.6 cm³/mol. The zero-order chi connectivity index (χ0) is 12.5. The number of thioether (sulfide) groups is 1. The van der Waals surface area contributed by atoms with Crippen LogP contribution in [0.3, 0.4) is 0 Å². The fourth-order valence-electron chi connectivity index (χ4n) is 4.43. The molecule has 2 saturated carbocycles. The van der Waals surface area contributed by atoms with Crippen LogP contribution in [-0.4, -0.2) is 24.6 Å². The lowest BCUT2D eigenvalue weighted by atomic mass is 9.68. The Labute approximate surface area is 112 Å². The lowest BCUT2D eigenvalue weighted by Crippen LogP contribution is -2.50. The summed E-state index contributed by atoms with van der Waals surface area (Å²) in [5, 5.41) is 3.89. The van der Waals surface area contributed by atoms with E-state index in [0.29, 0.717) is 10.8 Å². The minimum Gasteiger partial charge on any atom is -0.313 e. The number of hydrogen-bond acceptors (Lipinski definition) is 2. The zero-order valence-electron chi connectivity index (χ0n) is 12.0. The molecule has 0 heterocycles. The van der Waals surface area contributed by atoms with Crippen LogP contribution in [0.4, 0.5) is 0 Å². The third-order valence-corrected chi connectivity index (χ3v) is 6.09. The van der Waals surface area contributed by atoms with Gasteiger partial charge < -0.3 is 5.32 Å². The molecule has 2 aliphatic carbocycles. The maximum atomic E-state index is 3.89. The number of rotatable bonds is 6. The van der Waals surface area contributed by atoms with Crippen molar-refractivity contribution in [1.29, 1.82) is 0 Å². The van der Waals surface area contributed by atoms with Crippen molar-refractivity contribution >= 4 is 11.8 Å². The average Bonchev–Trinajstić information content (AvgIpc) is 2.73. The van der Waals surface area contributed by atoms with Crippen LogP contribution in [0.15, 0.2) is 0 Å². The van der Waals surface area contributed by atoms with Crippen molar-refractivity contribution < 1.29 is 0 Å². The summed E-state index contributed by atoms with van der Waals surface area (Å²) >= 11 is 1.97. The fourth-order valence-corrected chi connectivity index (χ4v) is 4.92. The summed E-state index contributed by atoms with van der Waals surface area (Å²) in [5.74, 6) is 2.28. The van der Waals surface area contributed by atoms with Crippen molar-refractivity contribution in [2.75, 3.05) is 18.6 Å². The molecule has 1 unspecified atom stereocenters. The Morgan fingerprint density at radius 3 is 2.59 bits per heavy atom. The molecule has 100 valence electrons. The van der Waals surface area contributed by atoms with Gasteiger partial charge in [0.05, 0.1) is 0 Å². The van der Waals surface area contributed by atoms with Gasteiger partial charge in [-0.25, -0.2) is 0 Å². The quantitative estimate of drug-likeness (QED) is 0.722. The van der Waals surface area contributed by atoms with Crippen molar-refractivity contribution in [1.82, 2.24) is 5.32 Å². The van der Waals surface area contributed by atoms with E-state index >= 15 is 0 Å². The monoisotopic (exact) mass is 255 g/mol. The molecule has 1 nitrogen and oxygen atoms in total. The van der Waals surface area contributed by atoms with Crippen LogP contribution in [0.25, 0.3) is 0 Å². The van der Waals surface area contributed by atoms with Gasteiger partial charge in [0, 0.05) is 6.04 Å². The first-order chi connectivity index (χ1) is 8.00. The maximum absolute atomic E-state index is 3.89. The Bertz CT molecular complexity index is 259. The molecule has 0 aromatic carbocycles. The summed E-state index contributed by atoms with van der Waals surface area (Å²) in [4.78, 5) is 0. The van der Waals surface area contributed by atoms with Crippen molar-refractivity contribution in [2.24, 2.45) is 16.7 Å². The molecule has 0 aromatic rings. The largest absolute Gasteiger partial charge is 0.313 e. The Hall–Kier alpha value is 0.310. The van der Waals surface area contributed by atoms with Gasteiger partial charge in [0.2, 0.25) is 0 Å². The van der Waals surface area contributed by atoms with Crippen molar-refractivity contribution in [3.05, 3.63) is 0 Å². The first-order valence-electron chi connectivity index (χ1n) is 7.23. The van der Waals surface area contributed by atoms with Gasteiger partial charge in [-0.1, -0.05) is 20.8 Å². The minimum absolute atomic E-state index is 0.520. The fraction of sp³-hybridized carbons (Fsp3) is 1.00. The van der Waals surface area contributed by atoms with Crippen LogP contribution in [-0.2, 0) is 0 Å². The maximum Gasteiger partial charge on any atom is 0.0175 e. The number of hydrogen-bond donors (Lipinski definition) is 1. The third-order valence-electron chi connectivity index (χ3n) is 5.39. The van der Waals surface area contributed by atoms with Gasteiger partial charge in [0.1, 0.15) is 0 Å². The van der Waals surface area contributed by atoms with Crippen molar-refractivity contribution in [3.63, 3.8) is 0 Å². The Morgan fingerprint density at radius 2 is 2.00 bits per heavy atom. The van der Waals surface area contributed by atoms with E-state index in [4.69, 9.17) is 0 Å². The number of nitrogens with one attached hydrogen (secondary N) is 1. The Balaban J connectivity index is 1.83. The molecule has 17 heavy (non-hydrogen) atoms. The van der Waals surface area contributed by atoms with E-state index < -0.39 is 0 Å². The van der Waals surface area contributed by atoms with E-state index in [1.165, 1.54) is 44.4 Å². The van der Waals surface area contributed by atoms with Crippen LogP contribution >= 0.6 is 11.8 Å². The van der Waals surface area contributed by atoms with Gasteiger partial charge in [0.15, 0.2) is 0 Å². The van der Waals surface area contributed by atoms with E-state index in [1.807, 2.05) is 11.8 Å². The molecule has 2 aliphatic rings. The van der Waals surface area contributed by atoms with Crippen LogP contribution in [0.2, 0.25) is 0 Å². The number of fused-ring (bicyclic) bond motifs is 2. The summed E-state index contributed by atoms with van der Waals surface area (Å²) in [5.41, 5.74) is 1.11. The third kappa shape index (κ3) is 2.53. The summed E-state index contributed by atoms with van der Waals surface area (Å²) in [6.45, 7) is 8.71. The molecule has 2 fully saturated rings. The first kappa shape index (κ1) is 13.7. The molecule has 0 saturated heterocycles. The molecule has 2 heteroatoms. The highest BCUT2D eigenvalue weighted by molar-refractivity contribution is 7.98. The molecule has 0 aliphatic heterocycles. The summed E-state index contributed by atoms with van der Waals surface area (Å²) in [7, 11) is 0. The van der Waals surface area contributed by atoms with Gasteiger partial charge >= 0.3 is 0 Å². The standard InChI is InChI=1S/C15H29NS/c1-14(2)12-7-8-15(3,11-12)13(14)16-9-5-6-10-17-4/h12-13,16H,5-11H2,1-4H3/t12-,13?,15+/m0/s1. The van der Waals surface area contributed by atoms with Crippen LogP contribution in [0, 0.1) is 16.7 Å². The zero-order valence-corrected chi connectivity index (χ0v) is 12.8. The van der Waals surface area contributed by atoms with E-state index in [1.54, 1.807) is 0 Å². The molecule has 2 rings (SSSR count). The highest BCUT2D eigenvalue weighted by Gasteiger charge is 2.58.